The van der Waals surface area contributed by atoms with Crippen molar-refractivity contribution in [3.05, 3.63) is 46.2 Å². The molecule has 0 aliphatic carbocycles. The lowest BCUT2D eigenvalue weighted by molar-refractivity contribution is 0.336. The van der Waals surface area contributed by atoms with Crippen LogP contribution in [0.3, 0.4) is 0 Å². The predicted molar refractivity (Wildman–Crippen MR) is 59.7 cm³/mol. The van der Waals surface area contributed by atoms with E-state index in [1.54, 1.807) is 0 Å². The molecule has 5 nitrogen and oxygen atoms in total. The van der Waals surface area contributed by atoms with Gasteiger partial charge in [-0.25, -0.2) is 4.79 Å². The van der Waals surface area contributed by atoms with Crippen LogP contribution in [0.4, 0.5) is 0 Å². The lowest BCUT2D eigenvalue weighted by Gasteiger charge is -2.07. The first kappa shape index (κ1) is 10.5. The molecule has 0 radical (unpaired) electrons. The Morgan fingerprint density at radius 1 is 1.50 bits per heavy atom. The van der Waals surface area contributed by atoms with E-state index in [4.69, 9.17) is 4.74 Å². The van der Waals surface area contributed by atoms with Gasteiger partial charge >= 0.3 is 5.76 Å². The summed E-state index contributed by atoms with van der Waals surface area (Å²) < 4.78 is 9.90. The van der Waals surface area contributed by atoms with Gasteiger partial charge in [-0.15, -0.1) is 0 Å². The summed E-state index contributed by atoms with van der Waals surface area (Å²) in [5, 5.41) is 3.61. The Kier molecular flexibility index (Phi) is 3.05. The molecule has 1 N–H and O–H groups in total. The van der Waals surface area contributed by atoms with Gasteiger partial charge in [-0.2, -0.15) is 0 Å². The van der Waals surface area contributed by atoms with E-state index in [-0.39, 0.29) is 1.43 Å². The monoisotopic (exact) mass is 222 g/mol. The van der Waals surface area contributed by atoms with Crippen LogP contribution in [0.1, 0.15) is 19.7 Å². The minimum Gasteiger partial charge on any atom is -0.494 e. The maximum Gasteiger partial charge on any atom is 0.438 e. The van der Waals surface area contributed by atoms with E-state index in [9.17, 15) is 4.79 Å². The van der Waals surface area contributed by atoms with Crippen molar-refractivity contribution in [2.45, 2.75) is 13.3 Å². The van der Waals surface area contributed by atoms with E-state index in [0.29, 0.717) is 18.9 Å². The Morgan fingerprint density at radius 3 is 3.00 bits per heavy atom. The summed E-state index contributed by atoms with van der Waals surface area (Å²) in [6.07, 6.45) is 0.488. The molecule has 2 aromatic rings. The fourth-order valence-corrected chi connectivity index (χ4v) is 1.46. The van der Waals surface area contributed by atoms with Crippen LogP contribution in [0.25, 0.3) is 0 Å². The highest BCUT2D eigenvalue weighted by Crippen LogP contribution is 2.19. The van der Waals surface area contributed by atoms with Gasteiger partial charge in [0.05, 0.1) is 6.61 Å². The van der Waals surface area contributed by atoms with Crippen molar-refractivity contribution in [3.8, 4) is 5.75 Å². The van der Waals surface area contributed by atoms with E-state index >= 15 is 0 Å². The SMILES string of the molecule is CCOc1ccccc1Cc1noc(=O)[nH]1.[HH]. The third kappa shape index (κ3) is 2.31. The zero-order valence-corrected chi connectivity index (χ0v) is 8.90. The Balaban J connectivity index is 0.00000144. The molecule has 5 heteroatoms. The number of hydrogen-bond acceptors (Lipinski definition) is 4. The predicted octanol–water partition coefficient (Wildman–Crippen LogP) is 1.60. The van der Waals surface area contributed by atoms with Crippen LogP contribution in [0.5, 0.6) is 5.75 Å². The first-order chi connectivity index (χ1) is 7.79. The number of aromatic amines is 1. The second-order valence-electron chi connectivity index (χ2n) is 3.26. The molecule has 0 atom stereocenters. The number of nitrogens with one attached hydrogen (secondary N) is 1. The fraction of sp³-hybridized carbons (Fsp3) is 0.273. The second kappa shape index (κ2) is 4.65. The van der Waals surface area contributed by atoms with E-state index in [1.165, 1.54) is 0 Å². The third-order valence-electron chi connectivity index (χ3n) is 2.12. The molecule has 0 bridgehead atoms. The highest BCUT2D eigenvalue weighted by Gasteiger charge is 2.06. The fourth-order valence-electron chi connectivity index (χ4n) is 1.46. The van der Waals surface area contributed by atoms with Crippen LogP contribution in [-0.2, 0) is 6.42 Å². The number of H-pyrrole nitrogens is 1. The molecular weight excluding hydrogens is 208 g/mol. The highest BCUT2D eigenvalue weighted by molar-refractivity contribution is 5.35. The summed E-state index contributed by atoms with van der Waals surface area (Å²) >= 11 is 0. The molecule has 0 saturated heterocycles. The maximum atomic E-state index is 10.8. The van der Waals surface area contributed by atoms with Crippen molar-refractivity contribution in [1.82, 2.24) is 10.1 Å². The van der Waals surface area contributed by atoms with Crippen LogP contribution in [0.2, 0.25) is 0 Å². The van der Waals surface area contributed by atoms with Gasteiger partial charge in [0.2, 0.25) is 0 Å². The molecule has 0 saturated carbocycles. The number of hydrogen-bond donors (Lipinski definition) is 1. The summed E-state index contributed by atoms with van der Waals surface area (Å²) in [6, 6.07) is 7.63. The lowest BCUT2D eigenvalue weighted by atomic mass is 10.1. The molecule has 0 amide bonds. The van der Waals surface area contributed by atoms with Crippen molar-refractivity contribution >= 4 is 0 Å². The maximum absolute atomic E-state index is 10.8. The molecule has 0 aliphatic heterocycles. The largest absolute Gasteiger partial charge is 0.494 e. The standard InChI is InChI=1S/C11H12N2O3.H2/c1-2-15-9-6-4-3-5-8(9)7-10-12-11(14)16-13-10;/h3-6H,2,7H2,1H3,(H,12,13,14);1H. The zero-order chi connectivity index (χ0) is 11.4. The van der Waals surface area contributed by atoms with Gasteiger partial charge in [0.1, 0.15) is 5.75 Å². The molecular formula is C11H14N2O3. The van der Waals surface area contributed by atoms with Gasteiger partial charge in [0.15, 0.2) is 5.82 Å². The minimum atomic E-state index is -0.538. The third-order valence-corrected chi connectivity index (χ3v) is 2.12. The van der Waals surface area contributed by atoms with Gasteiger partial charge < -0.3 is 4.74 Å². The van der Waals surface area contributed by atoms with Crippen LogP contribution >= 0.6 is 0 Å². The minimum absolute atomic E-state index is 0. The van der Waals surface area contributed by atoms with Crippen molar-refractivity contribution < 1.29 is 10.7 Å². The molecule has 0 aliphatic rings. The van der Waals surface area contributed by atoms with E-state index < -0.39 is 5.76 Å². The average molecular weight is 222 g/mol. The number of nitrogens with zero attached hydrogens (tertiary/aromatic N) is 1. The van der Waals surface area contributed by atoms with Crippen LogP contribution in [0, 0.1) is 0 Å². The average Bonchev–Trinajstić information content (AvgIpc) is 2.67. The molecule has 0 unspecified atom stereocenters. The van der Waals surface area contributed by atoms with Gasteiger partial charge in [-0.3, -0.25) is 9.51 Å². The zero-order valence-electron chi connectivity index (χ0n) is 8.90. The van der Waals surface area contributed by atoms with Gasteiger partial charge in [-0.1, -0.05) is 23.4 Å². The molecule has 2 rings (SSSR count). The first-order valence-electron chi connectivity index (χ1n) is 5.05. The van der Waals surface area contributed by atoms with E-state index in [1.807, 2.05) is 31.2 Å². The van der Waals surface area contributed by atoms with Gasteiger partial charge in [0.25, 0.3) is 0 Å². The summed E-state index contributed by atoms with van der Waals surface area (Å²) in [5.41, 5.74) is 0.967. The normalized spacial score (nSPS) is 10.3. The Morgan fingerprint density at radius 2 is 2.31 bits per heavy atom. The first-order valence-corrected chi connectivity index (χ1v) is 5.05. The number of para-hydroxylation sites is 1. The topological polar surface area (TPSA) is 68.1 Å². The molecule has 0 spiro atoms. The Labute approximate surface area is 93.5 Å². The van der Waals surface area contributed by atoms with Crippen molar-refractivity contribution in [2.75, 3.05) is 6.61 Å². The van der Waals surface area contributed by atoms with Crippen molar-refractivity contribution in [2.24, 2.45) is 0 Å². The van der Waals surface area contributed by atoms with Gasteiger partial charge in [-0.05, 0) is 13.0 Å². The summed E-state index contributed by atoms with van der Waals surface area (Å²) in [4.78, 5) is 13.3. The molecule has 1 heterocycles. The summed E-state index contributed by atoms with van der Waals surface area (Å²) in [7, 11) is 0. The molecule has 1 aromatic carbocycles. The molecule has 0 fully saturated rings. The van der Waals surface area contributed by atoms with E-state index in [2.05, 4.69) is 14.7 Å². The Bertz CT molecular complexity index is 521. The summed E-state index contributed by atoms with van der Waals surface area (Å²) in [5.74, 6) is 0.759. The van der Waals surface area contributed by atoms with Gasteiger partial charge in [0, 0.05) is 13.4 Å². The number of aromatic nitrogens is 2. The highest BCUT2D eigenvalue weighted by atomic mass is 16.5. The molecule has 86 valence electrons. The molecule has 1 aromatic heterocycles. The smallest absolute Gasteiger partial charge is 0.438 e. The lowest BCUT2D eigenvalue weighted by Crippen LogP contribution is -2.00. The van der Waals surface area contributed by atoms with Crippen molar-refractivity contribution in [1.29, 1.82) is 0 Å². The number of benzene rings is 1. The Hall–Kier alpha value is -2.04. The van der Waals surface area contributed by atoms with Crippen LogP contribution < -0.4 is 10.5 Å². The van der Waals surface area contributed by atoms with Crippen LogP contribution in [-0.4, -0.2) is 16.7 Å². The number of ether oxygens (including phenoxy) is 1. The van der Waals surface area contributed by atoms with Crippen LogP contribution in [0.15, 0.2) is 33.6 Å². The van der Waals surface area contributed by atoms with Crippen molar-refractivity contribution in [3.63, 3.8) is 0 Å². The molecule has 16 heavy (non-hydrogen) atoms. The second-order valence-corrected chi connectivity index (χ2v) is 3.26. The summed E-state index contributed by atoms with van der Waals surface area (Å²) in [6.45, 7) is 2.53. The quantitative estimate of drug-likeness (QED) is 0.853. The number of rotatable bonds is 4. The van der Waals surface area contributed by atoms with E-state index in [0.717, 1.165) is 11.3 Å².